The Morgan fingerprint density at radius 2 is 2.00 bits per heavy atom. The van der Waals surface area contributed by atoms with Crippen molar-refractivity contribution in [1.82, 2.24) is 5.32 Å². The van der Waals surface area contributed by atoms with Crippen LogP contribution in [0, 0.1) is 0 Å². The van der Waals surface area contributed by atoms with Gasteiger partial charge in [0.05, 0.1) is 27.0 Å². The van der Waals surface area contributed by atoms with Gasteiger partial charge in [-0.3, -0.25) is 4.79 Å². The summed E-state index contributed by atoms with van der Waals surface area (Å²) in [6.45, 7) is -0.0335. The molecule has 2 N–H and O–H groups in total. The first-order valence-corrected chi connectivity index (χ1v) is 8.77. The van der Waals surface area contributed by atoms with Crippen molar-refractivity contribution >= 4 is 17.2 Å². The number of aliphatic hydroxyl groups is 1. The molecule has 1 amide bonds. The Morgan fingerprint density at radius 3 is 2.62 bits per heavy atom. The van der Waals surface area contributed by atoms with Crippen LogP contribution in [0.1, 0.15) is 21.0 Å². The first-order valence-electron chi connectivity index (χ1n) is 7.89. The lowest BCUT2D eigenvalue weighted by Gasteiger charge is -2.25. The molecule has 2 aromatic heterocycles. The van der Waals surface area contributed by atoms with Crippen LogP contribution in [0.25, 0.3) is 0 Å². The summed E-state index contributed by atoms with van der Waals surface area (Å²) >= 11 is 1.39. The highest BCUT2D eigenvalue weighted by atomic mass is 32.1. The predicted molar refractivity (Wildman–Crippen MR) is 97.9 cm³/mol. The van der Waals surface area contributed by atoms with Gasteiger partial charge in [0.25, 0.3) is 5.91 Å². The minimum Gasteiger partial charge on any atom is -0.493 e. The molecule has 136 valence electrons. The van der Waals surface area contributed by atoms with E-state index in [4.69, 9.17) is 13.9 Å². The number of thiophene rings is 1. The number of methoxy groups -OCH3 is 2. The molecule has 2 heterocycles. The summed E-state index contributed by atoms with van der Waals surface area (Å²) in [6, 6.07) is 11.9. The number of carbonyl (C=O) groups excluding carboxylic acids is 1. The highest BCUT2D eigenvalue weighted by molar-refractivity contribution is 7.10. The van der Waals surface area contributed by atoms with Gasteiger partial charge in [0.15, 0.2) is 17.1 Å². The molecule has 6 nitrogen and oxygen atoms in total. The average Bonchev–Trinajstić information content (AvgIpc) is 3.39. The van der Waals surface area contributed by atoms with Crippen molar-refractivity contribution < 1.29 is 23.8 Å². The van der Waals surface area contributed by atoms with Gasteiger partial charge in [0, 0.05) is 10.4 Å². The van der Waals surface area contributed by atoms with E-state index in [9.17, 15) is 9.90 Å². The molecule has 0 aliphatic carbocycles. The second kappa shape index (κ2) is 7.63. The average molecular weight is 373 g/mol. The summed E-state index contributed by atoms with van der Waals surface area (Å²) in [5.41, 5.74) is -1.04. The van der Waals surface area contributed by atoms with E-state index in [0.717, 1.165) is 0 Å². The summed E-state index contributed by atoms with van der Waals surface area (Å²) < 4.78 is 15.8. The molecular weight excluding hydrogens is 354 g/mol. The van der Waals surface area contributed by atoms with Crippen LogP contribution in [0.4, 0.5) is 0 Å². The van der Waals surface area contributed by atoms with Gasteiger partial charge in [-0.1, -0.05) is 6.07 Å². The molecule has 0 radical (unpaired) electrons. The van der Waals surface area contributed by atoms with Crippen LogP contribution in [-0.2, 0) is 5.60 Å². The van der Waals surface area contributed by atoms with E-state index < -0.39 is 5.60 Å². The number of hydrogen-bond donors (Lipinski definition) is 2. The molecule has 0 aliphatic rings. The van der Waals surface area contributed by atoms with E-state index in [2.05, 4.69) is 5.32 Å². The summed E-state index contributed by atoms with van der Waals surface area (Å²) in [7, 11) is 3.04. The molecule has 0 spiro atoms. The molecule has 0 bridgehead atoms. The van der Waals surface area contributed by atoms with Crippen LogP contribution in [-0.4, -0.2) is 31.8 Å². The molecule has 0 saturated carbocycles. The third kappa shape index (κ3) is 3.44. The normalized spacial score (nSPS) is 13.0. The van der Waals surface area contributed by atoms with E-state index in [1.54, 1.807) is 36.4 Å². The zero-order chi connectivity index (χ0) is 18.6. The minimum absolute atomic E-state index is 0.0335. The molecule has 1 atom stereocenters. The molecule has 1 unspecified atom stereocenters. The van der Waals surface area contributed by atoms with Crippen LogP contribution < -0.4 is 14.8 Å². The zero-order valence-electron chi connectivity index (χ0n) is 14.4. The highest BCUT2D eigenvalue weighted by Gasteiger charge is 2.36. The maximum absolute atomic E-state index is 12.6. The molecular formula is C19H19NO5S. The van der Waals surface area contributed by atoms with Crippen LogP contribution in [0.2, 0.25) is 0 Å². The molecule has 26 heavy (non-hydrogen) atoms. The lowest BCUT2D eigenvalue weighted by atomic mass is 9.98. The fourth-order valence-electron chi connectivity index (χ4n) is 2.61. The van der Waals surface area contributed by atoms with Crippen LogP contribution in [0.5, 0.6) is 11.5 Å². The largest absolute Gasteiger partial charge is 0.493 e. The predicted octanol–water partition coefficient (Wildman–Crippen LogP) is 3.02. The van der Waals surface area contributed by atoms with Crippen molar-refractivity contribution in [2.24, 2.45) is 0 Å². The number of hydrogen-bond acceptors (Lipinski definition) is 6. The Hall–Kier alpha value is -2.77. The quantitative estimate of drug-likeness (QED) is 0.665. The smallest absolute Gasteiger partial charge is 0.251 e. The van der Waals surface area contributed by atoms with Gasteiger partial charge >= 0.3 is 0 Å². The van der Waals surface area contributed by atoms with Crippen molar-refractivity contribution in [3.8, 4) is 11.5 Å². The second-order valence-electron chi connectivity index (χ2n) is 5.57. The van der Waals surface area contributed by atoms with Crippen LogP contribution in [0.15, 0.2) is 58.5 Å². The molecule has 7 heteroatoms. The summed E-state index contributed by atoms with van der Waals surface area (Å²) in [6.07, 6.45) is 1.49. The van der Waals surface area contributed by atoms with E-state index in [1.165, 1.54) is 31.8 Å². The molecule has 1 aromatic carbocycles. The number of ether oxygens (including phenoxy) is 2. The summed E-state index contributed by atoms with van der Waals surface area (Å²) in [4.78, 5) is 13.2. The molecule has 0 fully saturated rings. The van der Waals surface area contributed by atoms with Gasteiger partial charge in [0.2, 0.25) is 0 Å². The summed E-state index contributed by atoms with van der Waals surface area (Å²) in [5.74, 6) is 1.02. The monoisotopic (exact) mass is 373 g/mol. The third-order valence-electron chi connectivity index (χ3n) is 4.01. The van der Waals surface area contributed by atoms with Crippen molar-refractivity contribution in [2.75, 3.05) is 20.8 Å². The minimum atomic E-state index is -1.44. The van der Waals surface area contributed by atoms with Crippen LogP contribution in [0.3, 0.4) is 0 Å². The van der Waals surface area contributed by atoms with Gasteiger partial charge in [-0.15, -0.1) is 11.3 Å². The number of furan rings is 1. The molecule has 3 aromatic rings. The highest BCUT2D eigenvalue weighted by Crippen LogP contribution is 2.33. The van der Waals surface area contributed by atoms with Crippen molar-refractivity contribution in [1.29, 1.82) is 0 Å². The van der Waals surface area contributed by atoms with Gasteiger partial charge in [0.1, 0.15) is 5.76 Å². The summed E-state index contributed by atoms with van der Waals surface area (Å²) in [5, 5.41) is 15.8. The van der Waals surface area contributed by atoms with E-state index in [1.807, 2.05) is 11.4 Å². The van der Waals surface area contributed by atoms with E-state index in [0.29, 0.717) is 27.7 Å². The number of amides is 1. The van der Waals surface area contributed by atoms with E-state index in [-0.39, 0.29) is 12.5 Å². The lowest BCUT2D eigenvalue weighted by Crippen LogP contribution is -2.41. The first kappa shape index (κ1) is 18.0. The van der Waals surface area contributed by atoms with Crippen molar-refractivity contribution in [3.05, 3.63) is 70.3 Å². The Morgan fingerprint density at radius 1 is 1.19 bits per heavy atom. The second-order valence-corrected chi connectivity index (χ2v) is 6.52. The lowest BCUT2D eigenvalue weighted by molar-refractivity contribution is 0.0554. The number of benzene rings is 1. The molecule has 3 rings (SSSR count). The number of nitrogens with one attached hydrogen (secondary N) is 1. The maximum atomic E-state index is 12.6. The number of carbonyl (C=O) groups is 1. The third-order valence-corrected chi connectivity index (χ3v) is 5.03. The Labute approximate surface area is 155 Å². The van der Waals surface area contributed by atoms with Gasteiger partial charge in [-0.2, -0.15) is 0 Å². The fraction of sp³-hybridized carbons (Fsp3) is 0.211. The topological polar surface area (TPSA) is 80.9 Å². The van der Waals surface area contributed by atoms with Crippen molar-refractivity contribution in [3.63, 3.8) is 0 Å². The van der Waals surface area contributed by atoms with Crippen LogP contribution >= 0.6 is 11.3 Å². The van der Waals surface area contributed by atoms with Gasteiger partial charge < -0.3 is 24.3 Å². The first-order chi connectivity index (χ1) is 12.6. The molecule has 0 aliphatic heterocycles. The van der Waals surface area contributed by atoms with E-state index >= 15 is 0 Å². The molecule has 0 saturated heterocycles. The fourth-order valence-corrected chi connectivity index (χ4v) is 3.44. The van der Waals surface area contributed by atoms with Crippen molar-refractivity contribution in [2.45, 2.75) is 5.60 Å². The van der Waals surface area contributed by atoms with Gasteiger partial charge in [-0.05, 0) is 41.8 Å². The Kier molecular flexibility index (Phi) is 5.29. The Bertz CT molecular complexity index is 824. The maximum Gasteiger partial charge on any atom is 0.251 e. The Balaban J connectivity index is 1.81. The zero-order valence-corrected chi connectivity index (χ0v) is 15.2. The number of rotatable bonds is 7. The SMILES string of the molecule is COc1ccc(C(=O)NCC(O)(c2ccco2)c2cccs2)cc1OC. The van der Waals surface area contributed by atoms with Gasteiger partial charge in [-0.25, -0.2) is 0 Å². The standard InChI is InChI=1S/C19H19NO5S/c1-23-14-8-7-13(11-15(14)24-2)18(21)20-12-19(22,16-5-3-9-25-16)17-6-4-10-26-17/h3-11,22H,12H2,1-2H3,(H,20,21).